The molecule has 12 heteroatoms. The number of anilines is 2. The number of hydrogen-bond donors (Lipinski definition) is 3. The van der Waals surface area contributed by atoms with Crippen LogP contribution >= 0.6 is 0 Å². The Morgan fingerprint density at radius 2 is 1.70 bits per heavy atom. The second-order valence-corrected chi connectivity index (χ2v) is 10.8. The lowest BCUT2D eigenvalue weighted by Gasteiger charge is -2.30. The highest BCUT2D eigenvalue weighted by molar-refractivity contribution is 5.79. The van der Waals surface area contributed by atoms with E-state index >= 15 is 0 Å². The van der Waals surface area contributed by atoms with Crippen molar-refractivity contribution in [2.75, 3.05) is 18.5 Å². The van der Waals surface area contributed by atoms with E-state index in [1.807, 2.05) is 0 Å². The number of nitrogens with zero attached hydrogens (tertiary/aromatic N) is 3. The SMILES string of the molecule is O=C(NC1CCCCC1)C1COC(Cc2nc(-c3ccc(F)cc3)c(-c3ccnc(Nc4ccc(F)c(F)c4)n3)[nH]2)OC1. The number of carbonyl (C=O) groups is 1. The van der Waals surface area contributed by atoms with Gasteiger partial charge in [0.1, 0.15) is 11.6 Å². The molecule has 43 heavy (non-hydrogen) atoms. The van der Waals surface area contributed by atoms with Crippen LogP contribution in [0.15, 0.2) is 54.7 Å². The Morgan fingerprint density at radius 3 is 2.44 bits per heavy atom. The lowest BCUT2D eigenvalue weighted by atomic mass is 9.95. The number of aromatic nitrogens is 4. The number of benzene rings is 2. The second kappa shape index (κ2) is 12.9. The van der Waals surface area contributed by atoms with Gasteiger partial charge in [-0.15, -0.1) is 0 Å². The van der Waals surface area contributed by atoms with Gasteiger partial charge >= 0.3 is 0 Å². The van der Waals surface area contributed by atoms with Crippen LogP contribution in [0.1, 0.15) is 37.9 Å². The summed E-state index contributed by atoms with van der Waals surface area (Å²) >= 11 is 0. The summed E-state index contributed by atoms with van der Waals surface area (Å²) in [4.78, 5) is 29.5. The van der Waals surface area contributed by atoms with Gasteiger partial charge in [0.2, 0.25) is 11.9 Å². The summed E-state index contributed by atoms with van der Waals surface area (Å²) < 4.78 is 52.6. The molecule has 2 aliphatic rings. The van der Waals surface area contributed by atoms with Gasteiger partial charge in [0.15, 0.2) is 17.9 Å². The molecule has 1 saturated heterocycles. The fourth-order valence-electron chi connectivity index (χ4n) is 5.32. The lowest BCUT2D eigenvalue weighted by molar-refractivity contribution is -0.201. The first kappa shape index (κ1) is 28.8. The lowest BCUT2D eigenvalue weighted by Crippen LogP contribution is -2.46. The molecular formula is C31H31F3N6O3. The molecule has 2 aromatic heterocycles. The summed E-state index contributed by atoms with van der Waals surface area (Å²) in [5, 5.41) is 6.01. The van der Waals surface area contributed by atoms with Gasteiger partial charge in [0.25, 0.3) is 0 Å². The Labute approximate surface area is 246 Å². The Hall–Kier alpha value is -4.29. The molecule has 1 saturated carbocycles. The van der Waals surface area contributed by atoms with E-state index in [0.717, 1.165) is 37.8 Å². The average molecular weight is 593 g/mol. The molecule has 224 valence electrons. The van der Waals surface area contributed by atoms with E-state index < -0.39 is 17.9 Å². The monoisotopic (exact) mass is 592 g/mol. The zero-order valence-corrected chi connectivity index (χ0v) is 23.3. The molecule has 1 aliphatic heterocycles. The minimum absolute atomic E-state index is 0.0409. The zero-order chi connectivity index (χ0) is 29.8. The van der Waals surface area contributed by atoms with E-state index in [9.17, 15) is 18.0 Å². The third-order valence-corrected chi connectivity index (χ3v) is 7.61. The third-order valence-electron chi connectivity index (χ3n) is 7.61. The first-order chi connectivity index (χ1) is 20.9. The highest BCUT2D eigenvalue weighted by Crippen LogP contribution is 2.31. The van der Waals surface area contributed by atoms with Gasteiger partial charge in [-0.05, 0) is 55.3 Å². The molecule has 1 amide bonds. The van der Waals surface area contributed by atoms with Gasteiger partial charge in [-0.3, -0.25) is 4.79 Å². The van der Waals surface area contributed by atoms with Crippen molar-refractivity contribution in [3.63, 3.8) is 0 Å². The number of rotatable bonds is 8. The smallest absolute Gasteiger partial charge is 0.228 e. The summed E-state index contributed by atoms with van der Waals surface area (Å²) in [5.41, 5.74) is 2.45. The van der Waals surface area contributed by atoms with Crippen molar-refractivity contribution in [2.24, 2.45) is 5.92 Å². The van der Waals surface area contributed by atoms with Crippen LogP contribution in [0.3, 0.4) is 0 Å². The number of imidazole rings is 1. The van der Waals surface area contributed by atoms with Crippen molar-refractivity contribution in [3.05, 3.63) is 78.0 Å². The first-order valence-corrected chi connectivity index (χ1v) is 14.3. The van der Waals surface area contributed by atoms with Crippen molar-refractivity contribution in [2.45, 2.75) is 50.9 Å². The van der Waals surface area contributed by atoms with E-state index in [1.54, 1.807) is 18.2 Å². The number of H-pyrrole nitrogens is 1. The Morgan fingerprint density at radius 1 is 0.930 bits per heavy atom. The molecule has 0 unspecified atom stereocenters. The van der Waals surface area contributed by atoms with E-state index in [4.69, 9.17) is 14.5 Å². The second-order valence-electron chi connectivity index (χ2n) is 10.8. The molecule has 1 aliphatic carbocycles. The maximum atomic E-state index is 13.7. The van der Waals surface area contributed by atoms with E-state index in [-0.39, 0.29) is 55.0 Å². The third kappa shape index (κ3) is 7.03. The Kier molecular flexibility index (Phi) is 8.66. The summed E-state index contributed by atoms with van der Waals surface area (Å²) in [6.45, 7) is 0.485. The van der Waals surface area contributed by atoms with Crippen LogP contribution in [0.5, 0.6) is 0 Å². The summed E-state index contributed by atoms with van der Waals surface area (Å²) in [5.74, 6) is -2.06. The van der Waals surface area contributed by atoms with Crippen LogP contribution in [0.4, 0.5) is 24.8 Å². The summed E-state index contributed by atoms with van der Waals surface area (Å²) in [7, 11) is 0. The molecule has 3 heterocycles. The van der Waals surface area contributed by atoms with Crippen LogP contribution in [-0.4, -0.2) is 51.4 Å². The number of nitrogens with one attached hydrogen (secondary N) is 3. The molecule has 4 aromatic rings. The minimum Gasteiger partial charge on any atom is -0.353 e. The number of aromatic amines is 1. The highest BCUT2D eigenvalue weighted by atomic mass is 19.2. The minimum atomic E-state index is -0.999. The van der Waals surface area contributed by atoms with Gasteiger partial charge in [-0.25, -0.2) is 28.1 Å². The van der Waals surface area contributed by atoms with Gasteiger partial charge in [-0.1, -0.05) is 19.3 Å². The van der Waals surface area contributed by atoms with Crippen LogP contribution < -0.4 is 10.6 Å². The van der Waals surface area contributed by atoms with E-state index in [2.05, 4.69) is 25.6 Å². The fraction of sp³-hybridized carbons (Fsp3) is 0.355. The predicted molar refractivity (Wildman–Crippen MR) is 153 cm³/mol. The molecule has 0 bridgehead atoms. The van der Waals surface area contributed by atoms with Gasteiger partial charge in [-0.2, -0.15) is 0 Å². The van der Waals surface area contributed by atoms with Gasteiger partial charge in [0, 0.05) is 29.6 Å². The molecule has 2 fully saturated rings. The molecule has 3 N–H and O–H groups in total. The van der Waals surface area contributed by atoms with Gasteiger partial charge in [0.05, 0.1) is 42.6 Å². The topological polar surface area (TPSA) is 114 Å². The van der Waals surface area contributed by atoms with Crippen molar-refractivity contribution < 1.29 is 27.4 Å². The summed E-state index contributed by atoms with van der Waals surface area (Å²) in [6, 6.07) is 11.2. The van der Waals surface area contributed by atoms with Crippen LogP contribution in [0, 0.1) is 23.4 Å². The van der Waals surface area contributed by atoms with Crippen molar-refractivity contribution in [1.82, 2.24) is 25.3 Å². The molecular weight excluding hydrogens is 561 g/mol. The van der Waals surface area contributed by atoms with Crippen molar-refractivity contribution in [3.8, 4) is 22.6 Å². The van der Waals surface area contributed by atoms with E-state index in [1.165, 1.54) is 30.8 Å². The molecule has 0 atom stereocenters. The van der Waals surface area contributed by atoms with Crippen molar-refractivity contribution >= 4 is 17.5 Å². The maximum absolute atomic E-state index is 13.7. The van der Waals surface area contributed by atoms with Crippen LogP contribution in [0.2, 0.25) is 0 Å². The Bertz CT molecular complexity index is 1570. The van der Waals surface area contributed by atoms with Gasteiger partial charge < -0.3 is 25.1 Å². The normalized spacial score (nSPS) is 19.2. The number of hydrogen-bond acceptors (Lipinski definition) is 7. The number of ether oxygens (including phenoxy) is 2. The summed E-state index contributed by atoms with van der Waals surface area (Å²) in [6.07, 6.45) is 6.68. The predicted octanol–water partition coefficient (Wildman–Crippen LogP) is 5.68. The van der Waals surface area contributed by atoms with Crippen molar-refractivity contribution in [1.29, 1.82) is 0 Å². The van der Waals surface area contributed by atoms with Crippen LogP contribution in [0.25, 0.3) is 22.6 Å². The molecule has 2 aromatic carbocycles. The number of halogens is 3. The Balaban J connectivity index is 1.18. The van der Waals surface area contributed by atoms with E-state index in [0.29, 0.717) is 28.5 Å². The number of carbonyl (C=O) groups excluding carboxylic acids is 1. The molecule has 9 nitrogen and oxygen atoms in total. The standard InChI is InChI=1S/C31H31F3N6O3/c32-20-8-6-18(7-9-20)28-29(25-12-13-35-31(38-25)37-22-10-11-23(33)24(34)14-22)40-26(39-28)15-27-42-16-19(17-43-27)30(41)36-21-4-2-1-3-5-21/h6-14,19,21,27H,1-5,15-17H2,(H,36,41)(H,39,40)(H,35,37,38). The number of amides is 1. The van der Waals surface area contributed by atoms with Crippen LogP contribution in [-0.2, 0) is 20.7 Å². The molecule has 6 rings (SSSR count). The molecule has 0 radical (unpaired) electrons. The average Bonchev–Trinajstić information content (AvgIpc) is 3.44. The maximum Gasteiger partial charge on any atom is 0.228 e. The fourth-order valence-corrected chi connectivity index (χ4v) is 5.32. The zero-order valence-electron chi connectivity index (χ0n) is 23.3. The first-order valence-electron chi connectivity index (χ1n) is 14.3. The largest absolute Gasteiger partial charge is 0.353 e. The highest BCUT2D eigenvalue weighted by Gasteiger charge is 2.30. The molecule has 0 spiro atoms. The quantitative estimate of drug-likeness (QED) is 0.241.